The van der Waals surface area contributed by atoms with Gasteiger partial charge in [0.05, 0.1) is 30.1 Å². The van der Waals surface area contributed by atoms with Crippen molar-refractivity contribution in [2.24, 2.45) is 22.2 Å². The number of carbonyl (C=O) groups excluding carboxylic acids is 10. The molecule has 0 spiro atoms. The summed E-state index contributed by atoms with van der Waals surface area (Å²) in [5.74, 6) is -1.49. The number of hydrogen-bond donors (Lipinski definition) is 3. The van der Waals surface area contributed by atoms with Crippen LogP contribution in [0, 0.1) is 0 Å². The van der Waals surface area contributed by atoms with Crippen LogP contribution in [0.2, 0.25) is 0 Å². The Labute approximate surface area is 288 Å². The third-order valence-corrected chi connectivity index (χ3v) is 8.59. The lowest BCUT2D eigenvalue weighted by Gasteiger charge is -2.13. The van der Waals surface area contributed by atoms with E-state index >= 15 is 0 Å². The van der Waals surface area contributed by atoms with Gasteiger partial charge in [-0.25, -0.2) is 0 Å². The van der Waals surface area contributed by atoms with Crippen LogP contribution in [0.3, 0.4) is 0 Å². The monoisotopic (exact) mass is 717 g/mol. The molecule has 0 aliphatic carbocycles. The molecular weight excluding hydrogens is 670 g/mol. The number of carbonyl (C=O) groups is 10. The molecule has 0 aromatic heterocycles. The van der Waals surface area contributed by atoms with Crippen LogP contribution in [0.25, 0.3) is 0 Å². The first-order chi connectivity index (χ1) is 22.8. The van der Waals surface area contributed by atoms with E-state index in [1.165, 1.54) is 35.5 Å². The van der Waals surface area contributed by atoms with Gasteiger partial charge in [0.25, 0.3) is 0 Å². The topological polar surface area (TPSA) is 271 Å². The first-order valence-corrected chi connectivity index (χ1v) is 17.2. The van der Waals surface area contributed by atoms with E-state index in [2.05, 4.69) is 17.4 Å². The van der Waals surface area contributed by atoms with Crippen LogP contribution < -0.4 is 17.2 Å². The van der Waals surface area contributed by atoms with E-state index in [0.29, 0.717) is 0 Å². The second-order valence-electron chi connectivity index (χ2n) is 9.72. The quantitative estimate of drug-likeness (QED) is 0.122. The maximum atomic E-state index is 11.7. The number of hydrogen-bond acceptors (Lipinski definition) is 16. The molecule has 2 atom stereocenters. The molecule has 17 nitrogen and oxygen atoms in total. The minimum absolute atomic E-state index is 0.0315. The van der Waals surface area contributed by atoms with Crippen molar-refractivity contribution in [1.82, 2.24) is 14.7 Å². The minimum atomic E-state index is -0.278. The fourth-order valence-corrected chi connectivity index (χ4v) is 5.41. The third kappa shape index (κ3) is 16.0. The largest absolute Gasteiger partial charge is 0.333 e. The van der Waals surface area contributed by atoms with Gasteiger partial charge in [-0.1, -0.05) is 0 Å². The standard InChI is InChI=1S/C10H14N2O3S.C9H14N2O3S.C8H12N2O3.CH5N.CH2O/c1-11-6-7(13)3-4-12-9(14)5-8(16-2)10(12)15;1-15-7-4-8(13)11(9(7)14)3-2-6(12)5-10;9-5-6(11)3-4-10-7(12)1-2-8(10)13;2*1-2/h8H,1,3-6H2,2H3;7H,2-5,10H2,1H3;1-5,9H2;2H2,1H3;1H2. The summed E-state index contributed by atoms with van der Waals surface area (Å²) in [5, 5.41) is -0.550. The summed E-state index contributed by atoms with van der Waals surface area (Å²) in [6.45, 7) is 5.72. The Morgan fingerprint density at radius 1 is 0.667 bits per heavy atom. The first-order valence-electron chi connectivity index (χ1n) is 14.7. The molecule has 2 unspecified atom stereocenters. The van der Waals surface area contributed by atoms with E-state index in [0.717, 1.165) is 9.80 Å². The molecule has 3 fully saturated rings. The number of Topliss-reactive ketones (excluding diaryl/α,β-unsaturated/α-hetero) is 3. The van der Waals surface area contributed by atoms with Crippen LogP contribution >= 0.6 is 23.5 Å². The smallest absolute Gasteiger partial charge is 0.242 e. The van der Waals surface area contributed by atoms with E-state index in [4.69, 9.17) is 16.3 Å². The van der Waals surface area contributed by atoms with Crippen LogP contribution in [-0.2, 0) is 47.9 Å². The molecule has 3 aliphatic heterocycles. The lowest BCUT2D eigenvalue weighted by molar-refractivity contribution is -0.140. The number of thioether (sulfide) groups is 2. The molecule has 0 saturated carbocycles. The summed E-state index contributed by atoms with van der Waals surface area (Å²) >= 11 is 2.73. The molecule has 3 rings (SSSR count). The van der Waals surface area contributed by atoms with Gasteiger partial charge in [0.15, 0.2) is 5.78 Å². The van der Waals surface area contributed by atoms with Gasteiger partial charge in [-0.2, -0.15) is 23.5 Å². The van der Waals surface area contributed by atoms with Crippen LogP contribution in [0.5, 0.6) is 0 Å². The van der Waals surface area contributed by atoms with Gasteiger partial charge < -0.3 is 22.0 Å². The highest BCUT2D eigenvalue weighted by Gasteiger charge is 2.38. The minimum Gasteiger partial charge on any atom is -0.333 e. The zero-order chi connectivity index (χ0) is 37.4. The average Bonchev–Trinajstić information content (AvgIpc) is 3.68. The fraction of sp³-hybridized carbons (Fsp3) is 0.621. The zero-order valence-corrected chi connectivity index (χ0v) is 29.3. The van der Waals surface area contributed by atoms with Gasteiger partial charge in [-0.3, -0.25) is 62.8 Å². The number of ketones is 3. The Hall–Kier alpha value is -3.65. The predicted molar refractivity (Wildman–Crippen MR) is 182 cm³/mol. The van der Waals surface area contributed by atoms with E-state index in [1.54, 1.807) is 12.5 Å². The summed E-state index contributed by atoms with van der Waals surface area (Å²) in [4.78, 5) is 116. The van der Waals surface area contributed by atoms with Crippen LogP contribution in [0.4, 0.5) is 0 Å². The number of aliphatic imine (C=N–C) groups is 1. The molecule has 48 heavy (non-hydrogen) atoms. The summed E-state index contributed by atoms with van der Waals surface area (Å²) in [7, 11) is 1.50. The number of likely N-dealkylation sites (tertiary alicyclic amines) is 3. The molecule has 0 aromatic carbocycles. The highest BCUT2D eigenvalue weighted by atomic mass is 32.2. The van der Waals surface area contributed by atoms with Crippen molar-refractivity contribution in [2.45, 2.75) is 55.4 Å². The molecule has 3 saturated heterocycles. The van der Waals surface area contributed by atoms with Gasteiger partial charge >= 0.3 is 0 Å². The third-order valence-electron chi connectivity index (χ3n) is 6.72. The predicted octanol–water partition coefficient (Wildman–Crippen LogP) is -2.03. The fourth-order valence-electron chi connectivity index (χ4n) is 4.13. The summed E-state index contributed by atoms with van der Waals surface area (Å²) in [6.07, 6.45) is 5.13. The maximum Gasteiger partial charge on any atom is 0.242 e. The van der Waals surface area contributed by atoms with Crippen molar-refractivity contribution in [2.75, 3.05) is 58.8 Å². The van der Waals surface area contributed by atoms with Crippen molar-refractivity contribution in [3.8, 4) is 0 Å². The van der Waals surface area contributed by atoms with Crippen LogP contribution in [-0.4, -0.2) is 150 Å². The lowest BCUT2D eigenvalue weighted by Crippen LogP contribution is -2.34. The average molecular weight is 718 g/mol. The van der Waals surface area contributed by atoms with Crippen molar-refractivity contribution in [3.63, 3.8) is 0 Å². The number of nitrogens with two attached hydrogens (primary N) is 3. The van der Waals surface area contributed by atoms with Crippen molar-refractivity contribution >= 4 is 89.8 Å². The SMILES string of the molecule is C=NCC(=O)CCN1C(=O)CC(SC)C1=O.C=O.CN.CSC1CC(=O)N(CCC(=O)CN)C1=O.NCC(=O)CCN1C(=O)CCC1=O. The highest BCUT2D eigenvalue weighted by molar-refractivity contribution is 8.00. The van der Waals surface area contributed by atoms with Crippen molar-refractivity contribution < 1.29 is 47.9 Å². The van der Waals surface area contributed by atoms with Gasteiger partial charge in [0, 0.05) is 64.6 Å². The van der Waals surface area contributed by atoms with E-state index < -0.39 is 0 Å². The number of nitrogens with zero attached hydrogens (tertiary/aromatic N) is 4. The van der Waals surface area contributed by atoms with E-state index in [9.17, 15) is 43.2 Å². The summed E-state index contributed by atoms with van der Waals surface area (Å²) < 4.78 is 0. The molecule has 3 heterocycles. The molecule has 6 N–H and O–H groups in total. The van der Waals surface area contributed by atoms with Gasteiger partial charge in [-0.15, -0.1) is 0 Å². The Balaban J connectivity index is 0. The molecule has 0 bridgehead atoms. The first kappa shape index (κ1) is 46.5. The Morgan fingerprint density at radius 2 is 1.00 bits per heavy atom. The molecule has 0 radical (unpaired) electrons. The van der Waals surface area contributed by atoms with Gasteiger partial charge in [0.1, 0.15) is 18.4 Å². The summed E-state index contributed by atoms with van der Waals surface area (Å²) in [6, 6.07) is 0. The number of amides is 6. The summed E-state index contributed by atoms with van der Waals surface area (Å²) in [5.41, 5.74) is 14.7. The van der Waals surface area contributed by atoms with Crippen molar-refractivity contribution in [3.05, 3.63) is 0 Å². The van der Waals surface area contributed by atoms with E-state index in [1.807, 2.05) is 6.79 Å². The maximum absolute atomic E-state index is 11.7. The lowest BCUT2D eigenvalue weighted by atomic mass is 10.2. The highest BCUT2D eigenvalue weighted by Crippen LogP contribution is 2.24. The Morgan fingerprint density at radius 3 is 1.29 bits per heavy atom. The van der Waals surface area contributed by atoms with Crippen LogP contribution in [0.15, 0.2) is 4.99 Å². The van der Waals surface area contributed by atoms with Gasteiger partial charge in [-0.05, 0) is 26.3 Å². The number of rotatable bonds is 15. The Kier molecular flexibility index (Phi) is 25.5. The van der Waals surface area contributed by atoms with Crippen LogP contribution in [0.1, 0.15) is 44.9 Å². The molecule has 270 valence electrons. The van der Waals surface area contributed by atoms with E-state index in [-0.39, 0.29) is 148 Å². The van der Waals surface area contributed by atoms with Crippen molar-refractivity contribution in [1.29, 1.82) is 0 Å². The second kappa shape index (κ2) is 26.3. The molecule has 6 amide bonds. The van der Waals surface area contributed by atoms with Gasteiger partial charge in [0.2, 0.25) is 35.4 Å². The second-order valence-corrected chi connectivity index (χ2v) is 11.8. The molecular formula is C29H47N7O10S2. The zero-order valence-electron chi connectivity index (χ0n) is 27.7. The molecule has 0 aromatic rings. The normalized spacial score (nSPS) is 18.2. The Bertz CT molecular complexity index is 1160. The number of imide groups is 3. The molecule has 19 heteroatoms. The molecule has 3 aliphatic rings.